The minimum absolute atomic E-state index is 0.0769. The van der Waals surface area contributed by atoms with E-state index in [1.54, 1.807) is 24.3 Å². The second kappa shape index (κ2) is 8.02. The molecule has 1 aliphatic rings. The van der Waals surface area contributed by atoms with Gasteiger partial charge in [0, 0.05) is 12.1 Å². The van der Waals surface area contributed by atoms with E-state index in [4.69, 9.17) is 4.42 Å². The summed E-state index contributed by atoms with van der Waals surface area (Å²) in [6, 6.07) is 10.0. The lowest BCUT2D eigenvalue weighted by Gasteiger charge is -2.24. The van der Waals surface area contributed by atoms with E-state index < -0.39 is 17.7 Å². The molecular weight excluding hydrogens is 356 g/mol. The van der Waals surface area contributed by atoms with Gasteiger partial charge in [0.15, 0.2) is 0 Å². The maximum atomic E-state index is 12.8. The Bertz CT molecular complexity index is 909. The summed E-state index contributed by atoms with van der Waals surface area (Å²) in [6.45, 7) is 4.93. The Morgan fingerprint density at radius 1 is 1.11 bits per heavy atom. The van der Waals surface area contributed by atoms with Crippen molar-refractivity contribution in [2.24, 2.45) is 0 Å². The summed E-state index contributed by atoms with van der Waals surface area (Å²) in [6.07, 6.45) is 0.709. The fourth-order valence-electron chi connectivity index (χ4n) is 3.43. The van der Waals surface area contributed by atoms with Crippen LogP contribution in [0.4, 0.5) is 0 Å². The van der Waals surface area contributed by atoms with E-state index in [1.165, 1.54) is 4.90 Å². The summed E-state index contributed by atoms with van der Waals surface area (Å²) < 4.78 is 5.76. The number of rotatable bonds is 6. The summed E-state index contributed by atoms with van der Waals surface area (Å²) in [7, 11) is 3.91. The summed E-state index contributed by atoms with van der Waals surface area (Å²) in [5.74, 6) is -0.291. The van der Waals surface area contributed by atoms with E-state index in [-0.39, 0.29) is 11.3 Å². The minimum atomic E-state index is -0.725. The smallest absolute Gasteiger partial charge is 0.295 e. The molecule has 1 amide bonds. The topological polar surface area (TPSA) is 74.0 Å². The van der Waals surface area contributed by atoms with Crippen LogP contribution >= 0.6 is 0 Å². The van der Waals surface area contributed by atoms with Gasteiger partial charge in [-0.15, -0.1) is 0 Å². The Kier molecular flexibility index (Phi) is 5.70. The molecule has 148 valence electrons. The van der Waals surface area contributed by atoms with Crippen LogP contribution < -0.4 is 0 Å². The molecule has 0 bridgehead atoms. The molecule has 1 atom stereocenters. The first-order chi connectivity index (χ1) is 13.3. The average molecular weight is 382 g/mol. The molecule has 0 spiro atoms. The number of aryl methyl sites for hydroxylation is 2. The van der Waals surface area contributed by atoms with Gasteiger partial charge < -0.3 is 19.3 Å². The van der Waals surface area contributed by atoms with Crippen molar-refractivity contribution in [1.29, 1.82) is 0 Å². The number of benzene rings is 1. The molecule has 0 saturated carbocycles. The zero-order chi connectivity index (χ0) is 20.4. The van der Waals surface area contributed by atoms with Crippen LogP contribution in [0.3, 0.4) is 0 Å². The maximum Gasteiger partial charge on any atom is 0.295 e. The van der Waals surface area contributed by atoms with Crippen molar-refractivity contribution in [3.05, 3.63) is 64.6 Å². The Labute approximate surface area is 165 Å². The van der Waals surface area contributed by atoms with Crippen LogP contribution in [-0.4, -0.2) is 53.8 Å². The lowest BCUT2D eigenvalue weighted by Crippen LogP contribution is -2.32. The minimum Gasteiger partial charge on any atom is -0.507 e. The fraction of sp³-hybridized carbons (Fsp3) is 0.364. The molecule has 28 heavy (non-hydrogen) atoms. The maximum absolute atomic E-state index is 12.8. The molecule has 2 heterocycles. The zero-order valence-corrected chi connectivity index (χ0v) is 16.7. The number of furan rings is 1. The van der Waals surface area contributed by atoms with Crippen molar-refractivity contribution in [1.82, 2.24) is 9.80 Å². The highest BCUT2D eigenvalue weighted by molar-refractivity contribution is 6.46. The first-order valence-electron chi connectivity index (χ1n) is 9.36. The molecule has 2 aromatic rings. The highest BCUT2D eigenvalue weighted by Gasteiger charge is 2.47. The van der Waals surface area contributed by atoms with E-state index in [2.05, 4.69) is 0 Å². The van der Waals surface area contributed by atoms with Gasteiger partial charge in [-0.25, -0.2) is 0 Å². The number of hydrogen-bond donors (Lipinski definition) is 1. The SMILES string of the molecule is Cc1ccc(/C(O)=C2/C(=O)C(=O)N(CCCN(C)C)C2c2ccc(C)o2)cc1. The third-order valence-corrected chi connectivity index (χ3v) is 4.90. The summed E-state index contributed by atoms with van der Waals surface area (Å²) in [5.41, 5.74) is 1.62. The fourth-order valence-corrected chi connectivity index (χ4v) is 3.43. The number of nitrogens with zero attached hydrogens (tertiary/aromatic N) is 2. The van der Waals surface area contributed by atoms with Crippen molar-refractivity contribution < 1.29 is 19.1 Å². The molecule has 1 saturated heterocycles. The predicted octanol–water partition coefficient (Wildman–Crippen LogP) is 3.27. The van der Waals surface area contributed by atoms with Crippen molar-refractivity contribution in [3.63, 3.8) is 0 Å². The molecule has 0 radical (unpaired) electrons. The number of carbonyl (C=O) groups excluding carboxylic acids is 2. The lowest BCUT2D eigenvalue weighted by molar-refractivity contribution is -0.140. The molecule has 1 unspecified atom stereocenters. The third kappa shape index (κ3) is 3.87. The van der Waals surface area contributed by atoms with E-state index in [9.17, 15) is 14.7 Å². The predicted molar refractivity (Wildman–Crippen MR) is 107 cm³/mol. The molecule has 0 aliphatic carbocycles. The van der Waals surface area contributed by atoms with Crippen LogP contribution in [0.2, 0.25) is 0 Å². The molecule has 6 heteroatoms. The number of ketones is 1. The standard InChI is InChI=1S/C22H26N2O4/c1-14-6-9-16(10-7-14)20(25)18-19(17-11-8-15(2)28-17)24(22(27)21(18)26)13-5-12-23(3)4/h6-11,19,25H,5,12-13H2,1-4H3/b20-18-. The van der Waals surface area contributed by atoms with Gasteiger partial charge in [-0.2, -0.15) is 0 Å². The summed E-state index contributed by atoms with van der Waals surface area (Å²) in [5, 5.41) is 10.9. The van der Waals surface area contributed by atoms with Gasteiger partial charge in [0.05, 0.1) is 5.57 Å². The van der Waals surface area contributed by atoms with E-state index in [1.807, 2.05) is 45.0 Å². The van der Waals surface area contributed by atoms with Gasteiger partial charge in [-0.3, -0.25) is 9.59 Å². The van der Waals surface area contributed by atoms with Crippen molar-refractivity contribution in [3.8, 4) is 0 Å². The Hall–Kier alpha value is -2.86. The molecule has 1 fully saturated rings. The van der Waals surface area contributed by atoms with E-state index in [0.29, 0.717) is 30.0 Å². The van der Waals surface area contributed by atoms with Crippen LogP contribution in [0, 0.1) is 13.8 Å². The van der Waals surface area contributed by atoms with Gasteiger partial charge in [0.1, 0.15) is 23.3 Å². The number of amides is 1. The summed E-state index contributed by atoms with van der Waals surface area (Å²) in [4.78, 5) is 29.1. The van der Waals surface area contributed by atoms with Gasteiger partial charge in [0.2, 0.25) is 0 Å². The average Bonchev–Trinajstić information content (AvgIpc) is 3.18. The van der Waals surface area contributed by atoms with Crippen LogP contribution in [-0.2, 0) is 9.59 Å². The van der Waals surface area contributed by atoms with Gasteiger partial charge >= 0.3 is 0 Å². The Morgan fingerprint density at radius 3 is 2.36 bits per heavy atom. The zero-order valence-electron chi connectivity index (χ0n) is 16.7. The van der Waals surface area contributed by atoms with E-state index in [0.717, 1.165) is 12.1 Å². The second-order valence-corrected chi connectivity index (χ2v) is 7.46. The highest BCUT2D eigenvalue weighted by atomic mass is 16.3. The van der Waals surface area contributed by atoms with Crippen LogP contribution in [0.25, 0.3) is 5.76 Å². The van der Waals surface area contributed by atoms with Crippen LogP contribution in [0.15, 0.2) is 46.4 Å². The molecular formula is C22H26N2O4. The quantitative estimate of drug-likeness (QED) is 0.472. The number of Topliss-reactive ketones (excluding diaryl/α,β-unsaturated/α-hetero) is 1. The number of carbonyl (C=O) groups is 2. The van der Waals surface area contributed by atoms with Crippen molar-refractivity contribution in [2.45, 2.75) is 26.3 Å². The van der Waals surface area contributed by atoms with Gasteiger partial charge in [0.25, 0.3) is 11.7 Å². The normalized spacial score (nSPS) is 19.0. The monoisotopic (exact) mass is 382 g/mol. The van der Waals surface area contributed by atoms with Crippen LogP contribution in [0.5, 0.6) is 0 Å². The second-order valence-electron chi connectivity index (χ2n) is 7.46. The van der Waals surface area contributed by atoms with Crippen LogP contribution in [0.1, 0.15) is 35.1 Å². The van der Waals surface area contributed by atoms with Gasteiger partial charge in [-0.1, -0.05) is 29.8 Å². The number of aliphatic hydroxyl groups is 1. The highest BCUT2D eigenvalue weighted by Crippen LogP contribution is 2.40. The first kappa shape index (κ1) is 19.9. The largest absolute Gasteiger partial charge is 0.507 e. The molecule has 6 nitrogen and oxygen atoms in total. The molecule has 3 rings (SSSR count). The van der Waals surface area contributed by atoms with Crippen molar-refractivity contribution >= 4 is 17.4 Å². The molecule has 1 aromatic carbocycles. The Balaban J connectivity index is 2.05. The number of hydrogen-bond acceptors (Lipinski definition) is 5. The molecule has 1 aliphatic heterocycles. The van der Waals surface area contributed by atoms with Gasteiger partial charge in [-0.05, 0) is 53.0 Å². The molecule has 1 aromatic heterocycles. The third-order valence-electron chi connectivity index (χ3n) is 4.90. The van der Waals surface area contributed by atoms with E-state index >= 15 is 0 Å². The van der Waals surface area contributed by atoms with Crippen molar-refractivity contribution in [2.75, 3.05) is 27.2 Å². The summed E-state index contributed by atoms with van der Waals surface area (Å²) >= 11 is 0. The number of likely N-dealkylation sites (tertiary alicyclic amines) is 1. The first-order valence-corrected chi connectivity index (χ1v) is 9.36. The molecule has 1 N–H and O–H groups in total. The number of aliphatic hydroxyl groups excluding tert-OH is 1. The lowest BCUT2D eigenvalue weighted by atomic mass is 9.99. The Morgan fingerprint density at radius 2 is 1.79 bits per heavy atom.